The van der Waals surface area contributed by atoms with Crippen LogP contribution in [0.15, 0.2) is 58.7 Å². The highest BCUT2D eigenvalue weighted by atomic mass is 19.1. The first-order valence-electron chi connectivity index (χ1n) is 11.9. The molecule has 0 spiro atoms. The zero-order valence-electron chi connectivity index (χ0n) is 20.1. The minimum atomic E-state index is -0.437. The highest BCUT2D eigenvalue weighted by Gasteiger charge is 2.28. The van der Waals surface area contributed by atoms with Crippen molar-refractivity contribution in [2.75, 3.05) is 18.8 Å². The van der Waals surface area contributed by atoms with Crippen LogP contribution >= 0.6 is 0 Å². The molecule has 1 saturated heterocycles. The number of hydrazone groups is 1. The average molecular weight is 515 g/mol. The highest BCUT2D eigenvalue weighted by Crippen LogP contribution is 2.31. The minimum Gasteiger partial charge on any atom is -0.383 e. The third-order valence-corrected chi connectivity index (χ3v) is 6.99. The maximum Gasteiger partial charge on any atom is 0.290 e. The molecule has 6 N–H and O–H groups in total. The molecule has 4 aromatic heterocycles. The van der Waals surface area contributed by atoms with Crippen molar-refractivity contribution in [1.29, 1.82) is 0 Å². The predicted octanol–water partition coefficient (Wildman–Crippen LogP) is 1.38. The van der Waals surface area contributed by atoms with Gasteiger partial charge in [0.2, 0.25) is 5.84 Å². The Labute approximate surface area is 214 Å². The van der Waals surface area contributed by atoms with E-state index in [1.165, 1.54) is 22.7 Å². The van der Waals surface area contributed by atoms with Gasteiger partial charge in [0, 0.05) is 47.9 Å². The maximum atomic E-state index is 13.8. The van der Waals surface area contributed by atoms with E-state index in [0.717, 1.165) is 0 Å². The summed E-state index contributed by atoms with van der Waals surface area (Å²) in [5.41, 5.74) is 14.7. The van der Waals surface area contributed by atoms with Crippen molar-refractivity contribution in [3.05, 3.63) is 65.0 Å². The molecule has 0 bridgehead atoms. The number of pyridine rings is 2. The molecule has 1 fully saturated rings. The molecule has 0 atom stereocenters. The summed E-state index contributed by atoms with van der Waals surface area (Å²) in [6.45, 7) is 0.745. The summed E-state index contributed by atoms with van der Waals surface area (Å²) >= 11 is 0. The van der Waals surface area contributed by atoms with Gasteiger partial charge >= 0.3 is 0 Å². The van der Waals surface area contributed by atoms with Gasteiger partial charge in [-0.25, -0.2) is 9.37 Å². The number of nitrogens with zero attached hydrogens (tertiary/aromatic N) is 7. The molecule has 5 aromatic rings. The number of rotatable bonds is 2. The fourth-order valence-electron chi connectivity index (χ4n) is 5.05. The first-order chi connectivity index (χ1) is 18.4. The standard InChI is InChI=1S/C25H23FN10O2/c26-15-1-3-19-13(10-15)9-14(11-30-19)18-12-31-36-22(28)17-2-4-20(37)35(23(17)32-24(18)36)16-5-7-34(8-6-16)25(38)21(27)33-29/h1-4,9-12,16H,5-8,28-29H2,(H2,27,33). The number of nitrogen functional groups attached to an aromatic ring is 1. The summed E-state index contributed by atoms with van der Waals surface area (Å²) in [6, 6.07) is 9.06. The predicted molar refractivity (Wildman–Crippen MR) is 141 cm³/mol. The molecule has 38 heavy (non-hydrogen) atoms. The zero-order chi connectivity index (χ0) is 26.6. The van der Waals surface area contributed by atoms with Gasteiger partial charge in [-0.2, -0.15) is 14.7 Å². The number of likely N-dealkylation sites (tertiary alicyclic amines) is 1. The topological polar surface area (TPSA) is 176 Å². The van der Waals surface area contributed by atoms with Crippen LogP contribution in [-0.2, 0) is 4.79 Å². The molecule has 1 aliphatic rings. The maximum absolute atomic E-state index is 13.8. The summed E-state index contributed by atoms with van der Waals surface area (Å²) in [5, 5.41) is 8.91. The second-order valence-corrected chi connectivity index (χ2v) is 9.17. The lowest BCUT2D eigenvalue weighted by atomic mass is 10.0. The normalized spacial score (nSPS) is 15.1. The van der Waals surface area contributed by atoms with Gasteiger partial charge in [0.05, 0.1) is 17.1 Å². The van der Waals surface area contributed by atoms with Crippen molar-refractivity contribution in [3.8, 4) is 11.1 Å². The fraction of sp³-hybridized carbons (Fsp3) is 0.200. The van der Waals surface area contributed by atoms with Crippen molar-refractivity contribution in [2.24, 2.45) is 16.7 Å². The van der Waals surface area contributed by atoms with Crippen LogP contribution < -0.4 is 22.9 Å². The lowest BCUT2D eigenvalue weighted by molar-refractivity contribution is -0.125. The van der Waals surface area contributed by atoms with Gasteiger partial charge in [0.1, 0.15) is 17.3 Å². The number of fused-ring (bicyclic) bond motifs is 3. The zero-order valence-corrected chi connectivity index (χ0v) is 20.1. The van der Waals surface area contributed by atoms with E-state index in [2.05, 4.69) is 15.2 Å². The van der Waals surface area contributed by atoms with Gasteiger partial charge in [0.15, 0.2) is 5.65 Å². The molecule has 0 aliphatic carbocycles. The van der Waals surface area contributed by atoms with Crippen molar-refractivity contribution in [2.45, 2.75) is 18.9 Å². The third kappa shape index (κ3) is 3.67. The van der Waals surface area contributed by atoms with Crippen LogP contribution in [-0.4, -0.2) is 53.9 Å². The number of aromatic nitrogens is 5. The molecule has 0 saturated carbocycles. The van der Waals surface area contributed by atoms with E-state index >= 15 is 0 Å². The fourth-order valence-corrected chi connectivity index (χ4v) is 5.05. The van der Waals surface area contributed by atoms with Crippen molar-refractivity contribution in [3.63, 3.8) is 0 Å². The molecule has 1 aromatic carbocycles. The Bertz CT molecular complexity index is 1840. The van der Waals surface area contributed by atoms with Gasteiger partial charge in [0.25, 0.3) is 11.5 Å². The lowest BCUT2D eigenvalue weighted by Gasteiger charge is -2.33. The average Bonchev–Trinajstić information content (AvgIpc) is 3.36. The van der Waals surface area contributed by atoms with Crippen molar-refractivity contribution in [1.82, 2.24) is 29.0 Å². The molecular weight excluding hydrogens is 491 g/mol. The van der Waals surface area contributed by atoms with E-state index in [0.29, 0.717) is 70.5 Å². The molecule has 6 rings (SSSR count). The van der Waals surface area contributed by atoms with Gasteiger partial charge < -0.3 is 22.2 Å². The summed E-state index contributed by atoms with van der Waals surface area (Å²) in [7, 11) is 0. The molecule has 1 aliphatic heterocycles. The van der Waals surface area contributed by atoms with Crippen LogP contribution in [0.25, 0.3) is 38.7 Å². The molecule has 12 nitrogen and oxygen atoms in total. The van der Waals surface area contributed by atoms with E-state index in [9.17, 15) is 14.0 Å². The molecule has 192 valence electrons. The molecule has 5 heterocycles. The number of piperidine rings is 1. The molecular formula is C25H23FN10O2. The number of benzene rings is 1. The van der Waals surface area contributed by atoms with Crippen molar-refractivity contribution >= 4 is 45.1 Å². The van der Waals surface area contributed by atoms with Gasteiger partial charge in [-0.15, -0.1) is 0 Å². The van der Waals surface area contributed by atoms with Crippen molar-refractivity contribution < 1.29 is 9.18 Å². The third-order valence-electron chi connectivity index (χ3n) is 6.99. The number of amidine groups is 1. The summed E-state index contributed by atoms with van der Waals surface area (Å²) in [5.74, 6) is 4.40. The van der Waals surface area contributed by atoms with Gasteiger partial charge in [-0.3, -0.25) is 19.1 Å². The van der Waals surface area contributed by atoms with Crippen LogP contribution in [0.2, 0.25) is 0 Å². The second kappa shape index (κ2) is 8.80. The first kappa shape index (κ1) is 23.3. The monoisotopic (exact) mass is 514 g/mol. The number of amides is 1. The Morgan fingerprint density at radius 3 is 2.63 bits per heavy atom. The van der Waals surface area contributed by atoms with Crippen LogP contribution in [0.3, 0.4) is 0 Å². The molecule has 1 amide bonds. The van der Waals surface area contributed by atoms with E-state index in [-0.39, 0.29) is 23.3 Å². The number of anilines is 1. The Morgan fingerprint density at radius 1 is 1.08 bits per heavy atom. The number of halogens is 1. The van der Waals surface area contributed by atoms with E-state index in [1.54, 1.807) is 34.0 Å². The highest BCUT2D eigenvalue weighted by molar-refractivity contribution is 6.37. The Balaban J connectivity index is 1.46. The quantitative estimate of drug-likeness (QED) is 0.137. The lowest BCUT2D eigenvalue weighted by Crippen LogP contribution is -2.46. The molecule has 0 unspecified atom stereocenters. The molecule has 13 heteroatoms. The Morgan fingerprint density at radius 2 is 1.87 bits per heavy atom. The van der Waals surface area contributed by atoms with Gasteiger partial charge in [-0.05, 0) is 43.2 Å². The van der Waals surface area contributed by atoms with E-state index in [1.807, 2.05) is 6.07 Å². The van der Waals surface area contributed by atoms with Crippen LogP contribution in [0, 0.1) is 5.82 Å². The van der Waals surface area contributed by atoms with Crippen LogP contribution in [0.5, 0.6) is 0 Å². The Kier molecular flexibility index (Phi) is 5.40. The van der Waals surface area contributed by atoms with Gasteiger partial charge in [-0.1, -0.05) is 0 Å². The van der Waals surface area contributed by atoms with Crippen LogP contribution in [0.1, 0.15) is 18.9 Å². The first-order valence-corrected chi connectivity index (χ1v) is 11.9. The largest absolute Gasteiger partial charge is 0.383 e. The number of nitrogens with two attached hydrogens (primary N) is 3. The summed E-state index contributed by atoms with van der Waals surface area (Å²) in [6.07, 6.45) is 4.29. The summed E-state index contributed by atoms with van der Waals surface area (Å²) < 4.78 is 17.0. The second-order valence-electron chi connectivity index (χ2n) is 9.17. The number of hydrogen-bond donors (Lipinski definition) is 3. The molecule has 0 radical (unpaired) electrons. The van der Waals surface area contributed by atoms with Crippen LogP contribution in [0.4, 0.5) is 10.2 Å². The van der Waals surface area contributed by atoms with E-state index in [4.69, 9.17) is 22.3 Å². The summed E-state index contributed by atoms with van der Waals surface area (Å²) in [4.78, 5) is 36.3. The van der Waals surface area contributed by atoms with E-state index < -0.39 is 5.91 Å². The minimum absolute atomic E-state index is 0.225. The number of carbonyl (C=O) groups excluding carboxylic acids is 1. The number of carbonyl (C=O) groups is 1. The smallest absolute Gasteiger partial charge is 0.290 e. The SMILES string of the molecule is N/N=C(\N)C(=O)N1CCC(n2c(=O)ccc3c(N)n4ncc(-c5cnc6ccc(F)cc6c5)c4nc32)CC1. The Hall–Kier alpha value is -5.07. The number of hydrogen-bond acceptors (Lipinski definition) is 8.